The highest BCUT2D eigenvalue weighted by atomic mass is 14.9. The maximum Gasteiger partial charge on any atom is 0.212 e. The normalized spacial score (nSPS) is 7.08. The summed E-state index contributed by atoms with van der Waals surface area (Å²) in [7, 11) is 0. The van der Waals surface area contributed by atoms with E-state index in [4.69, 9.17) is 15.8 Å². The van der Waals surface area contributed by atoms with Gasteiger partial charge in [0.25, 0.3) is 0 Å². The van der Waals surface area contributed by atoms with Crippen LogP contribution in [0.4, 0.5) is 0 Å². The van der Waals surface area contributed by atoms with Crippen LogP contribution in [0.25, 0.3) is 0 Å². The minimum Gasteiger partial charge on any atom is -0.320 e. The van der Waals surface area contributed by atoms with Crippen molar-refractivity contribution < 1.29 is 0 Å². The highest BCUT2D eigenvalue weighted by Crippen LogP contribution is 2.01. The zero-order valence-corrected chi connectivity index (χ0v) is 6.29. The van der Waals surface area contributed by atoms with E-state index in [0.717, 1.165) is 0 Å². The van der Waals surface area contributed by atoms with Crippen molar-refractivity contribution in [2.75, 3.05) is 0 Å². The fourth-order valence-corrected chi connectivity index (χ4v) is 0.588. The Morgan fingerprint density at radius 2 is 1.75 bits per heavy atom. The molecule has 0 saturated carbocycles. The van der Waals surface area contributed by atoms with Gasteiger partial charge in [-0.2, -0.15) is 15.8 Å². The summed E-state index contributed by atoms with van der Waals surface area (Å²) in [5.41, 5.74) is -0.00639. The summed E-state index contributed by atoms with van der Waals surface area (Å²) in [6.45, 7) is 0. The summed E-state index contributed by atoms with van der Waals surface area (Å²) in [6, 6.07) is 5.08. The van der Waals surface area contributed by atoms with Crippen molar-refractivity contribution >= 4 is 0 Å². The Labute approximate surface area is 69.5 Å². The molecule has 0 aromatic carbocycles. The molecule has 0 radical (unpaired) electrons. The van der Waals surface area contributed by atoms with E-state index in [1.165, 1.54) is 0 Å². The van der Waals surface area contributed by atoms with Gasteiger partial charge in [0, 0.05) is 7.43 Å². The lowest BCUT2D eigenvalue weighted by Gasteiger charge is -1.73. The molecule has 1 aromatic rings. The van der Waals surface area contributed by atoms with Crippen molar-refractivity contribution in [3.8, 4) is 18.2 Å². The average Bonchev–Trinajstić information content (AvgIpc) is 2.46. The van der Waals surface area contributed by atoms with E-state index < -0.39 is 0 Å². The van der Waals surface area contributed by atoms with Crippen LogP contribution in [0.5, 0.6) is 0 Å². The van der Waals surface area contributed by atoms with Crippen LogP contribution in [0, 0.1) is 41.4 Å². The Hall–Kier alpha value is -2.45. The van der Waals surface area contributed by atoms with Crippen molar-refractivity contribution in [1.29, 1.82) is 15.8 Å². The Morgan fingerprint density at radius 3 is 2.08 bits per heavy atom. The molecule has 5 nitrogen and oxygen atoms in total. The number of imidazole rings is 1. The van der Waals surface area contributed by atoms with Crippen molar-refractivity contribution in [3.63, 3.8) is 0 Å². The summed E-state index contributed by atoms with van der Waals surface area (Å²) >= 11 is 0. The lowest BCUT2D eigenvalue weighted by atomic mass is 10.4. The third-order valence-corrected chi connectivity index (χ3v) is 1.03. The summed E-state index contributed by atoms with van der Waals surface area (Å²) in [5.74, 6) is -0.0156. The number of nitrogens with zero attached hydrogens (tertiary/aromatic N) is 4. The van der Waals surface area contributed by atoms with Gasteiger partial charge in [0.2, 0.25) is 5.82 Å². The highest BCUT2D eigenvalue weighted by molar-refractivity contribution is 5.38. The van der Waals surface area contributed by atoms with Crippen LogP contribution >= 0.6 is 0 Å². The van der Waals surface area contributed by atoms with Gasteiger partial charge < -0.3 is 4.98 Å². The van der Waals surface area contributed by atoms with Gasteiger partial charge in [-0.15, -0.1) is 0 Å². The first-order valence-corrected chi connectivity index (χ1v) is 2.62. The van der Waals surface area contributed by atoms with E-state index >= 15 is 0 Å². The first-order valence-electron chi connectivity index (χ1n) is 2.62. The van der Waals surface area contributed by atoms with Gasteiger partial charge in [-0.3, -0.25) is 0 Å². The predicted octanol–water partition coefficient (Wildman–Crippen LogP) is 0.475. The third kappa shape index (κ3) is 1.34. The van der Waals surface area contributed by atoms with Crippen LogP contribution in [-0.2, 0) is 0 Å². The van der Waals surface area contributed by atoms with Gasteiger partial charge in [-0.1, -0.05) is 0 Å². The van der Waals surface area contributed by atoms with E-state index in [9.17, 15) is 0 Å². The molecular weight excluding hydrogens is 154 g/mol. The van der Waals surface area contributed by atoms with E-state index in [1.54, 1.807) is 18.2 Å². The van der Waals surface area contributed by atoms with Crippen LogP contribution in [-0.4, -0.2) is 9.97 Å². The molecule has 5 heteroatoms. The van der Waals surface area contributed by atoms with Gasteiger partial charge in [-0.25, -0.2) is 4.98 Å². The maximum atomic E-state index is 8.38. The van der Waals surface area contributed by atoms with Crippen LogP contribution < -0.4 is 0 Å². The number of nitrogens with one attached hydrogen (secondary N) is 1. The molecule has 0 unspecified atom stereocenters. The lowest BCUT2D eigenvalue weighted by Crippen LogP contribution is -1.77. The number of H-pyrrole nitrogens is 1. The molecule has 0 fully saturated rings. The van der Waals surface area contributed by atoms with Gasteiger partial charge in [0.1, 0.15) is 18.2 Å². The quantitative estimate of drug-likeness (QED) is 0.554. The van der Waals surface area contributed by atoms with Crippen LogP contribution in [0.2, 0.25) is 0 Å². The Kier molecular flexibility index (Phi) is 2.91. The second-order valence-electron chi connectivity index (χ2n) is 1.64. The number of rotatable bonds is 0. The zero-order valence-electron chi connectivity index (χ0n) is 6.29. The zero-order chi connectivity index (χ0) is 8.27. The molecular formula is C7H4N5+. The summed E-state index contributed by atoms with van der Waals surface area (Å²) in [6.07, 6.45) is 0. The molecule has 1 rings (SSSR count). The Bertz CT molecular complexity index is 363. The predicted molar refractivity (Wildman–Crippen MR) is 39.1 cm³/mol. The smallest absolute Gasteiger partial charge is 0.212 e. The van der Waals surface area contributed by atoms with Gasteiger partial charge in [0.05, 0.1) is 0 Å². The minimum absolute atomic E-state index is 0. The number of aromatic nitrogens is 2. The van der Waals surface area contributed by atoms with E-state index in [0.29, 0.717) is 0 Å². The second kappa shape index (κ2) is 3.65. The van der Waals surface area contributed by atoms with Gasteiger partial charge in [-0.05, 0) is 0 Å². The average molecular weight is 158 g/mol. The van der Waals surface area contributed by atoms with Gasteiger partial charge >= 0.3 is 0 Å². The number of nitriles is 3. The van der Waals surface area contributed by atoms with Gasteiger partial charge in [0.15, 0.2) is 11.4 Å². The first kappa shape index (κ1) is 9.55. The van der Waals surface area contributed by atoms with Crippen molar-refractivity contribution in [1.82, 2.24) is 9.97 Å². The van der Waals surface area contributed by atoms with Crippen LogP contribution in [0.1, 0.15) is 17.2 Å². The summed E-state index contributed by atoms with van der Waals surface area (Å²) in [5, 5.41) is 25.0. The minimum atomic E-state index is -0.0379. The lowest BCUT2D eigenvalue weighted by molar-refractivity contribution is 1.21. The van der Waals surface area contributed by atoms with E-state index in [1.807, 2.05) is 0 Å². The molecule has 0 aliphatic carbocycles. The Morgan fingerprint density at radius 1 is 1.08 bits per heavy atom. The summed E-state index contributed by atoms with van der Waals surface area (Å²) < 4.78 is 0. The Balaban J connectivity index is 0.00000121. The number of hydrogen-bond donors (Lipinski definition) is 1. The molecule has 0 aliphatic rings. The molecule has 0 spiro atoms. The molecule has 1 aromatic heterocycles. The molecule has 0 atom stereocenters. The van der Waals surface area contributed by atoms with Crippen LogP contribution in [0.3, 0.4) is 0 Å². The fourth-order valence-electron chi connectivity index (χ4n) is 0.588. The molecule has 1 heterocycles. The largest absolute Gasteiger partial charge is 0.320 e. The van der Waals surface area contributed by atoms with E-state index in [2.05, 4.69) is 9.97 Å². The van der Waals surface area contributed by atoms with E-state index in [-0.39, 0.29) is 24.6 Å². The number of aromatic amines is 1. The molecule has 0 bridgehead atoms. The standard InChI is InChI=1S/C6HN5.CH3/c7-1-4-5(2-8)11-6(3-9)10-4;/h(H,10,11);1H3/q;+1. The number of hydrogen-bond acceptors (Lipinski definition) is 4. The fraction of sp³-hybridized carbons (Fsp3) is 0. The highest BCUT2D eigenvalue weighted by Gasteiger charge is 2.07. The summed E-state index contributed by atoms with van der Waals surface area (Å²) in [4.78, 5) is 5.89. The second-order valence-corrected chi connectivity index (χ2v) is 1.64. The SMILES string of the molecule is N#Cc1nc(C#N)c(C#N)[nH]1.[CH3+]. The third-order valence-electron chi connectivity index (χ3n) is 1.03. The van der Waals surface area contributed by atoms with Crippen molar-refractivity contribution in [3.05, 3.63) is 24.6 Å². The topological polar surface area (TPSA) is 100 Å². The molecule has 0 saturated heterocycles. The maximum absolute atomic E-state index is 8.38. The molecule has 12 heavy (non-hydrogen) atoms. The monoisotopic (exact) mass is 158 g/mol. The molecule has 0 amide bonds. The first-order chi connectivity index (χ1) is 5.31. The van der Waals surface area contributed by atoms with Crippen LogP contribution in [0.15, 0.2) is 0 Å². The molecule has 56 valence electrons. The van der Waals surface area contributed by atoms with Crippen molar-refractivity contribution in [2.24, 2.45) is 0 Å². The van der Waals surface area contributed by atoms with Crippen molar-refractivity contribution in [2.45, 2.75) is 0 Å². The molecule has 0 aliphatic heterocycles. The molecule has 1 N–H and O–H groups in total.